The van der Waals surface area contributed by atoms with E-state index in [1.807, 2.05) is 23.8 Å². The summed E-state index contributed by atoms with van der Waals surface area (Å²) in [6.07, 6.45) is 2.64. The van der Waals surface area contributed by atoms with Crippen molar-refractivity contribution in [1.82, 2.24) is 15.5 Å². The molecule has 2 rings (SSSR count). The van der Waals surface area contributed by atoms with Crippen LogP contribution < -0.4 is 10.6 Å². The van der Waals surface area contributed by atoms with Gasteiger partial charge in [-0.05, 0) is 68.5 Å². The minimum absolute atomic E-state index is 0. The standard InChI is InChI=1S/C19H34N4OS.HI/c1-5-20-18(22-14-19(4,24)17-8-10-25-13-17)21-11-16(3)23-9-6-7-15(2)12-23;/h8,10,13,15-16,24H,5-7,9,11-12,14H2,1-4H3,(H2,20,21,22);1H. The van der Waals surface area contributed by atoms with Crippen LogP contribution in [0.4, 0.5) is 0 Å². The zero-order valence-electron chi connectivity index (χ0n) is 16.5. The SMILES string of the molecule is CCNC(=NCC(C)(O)c1ccsc1)NCC(C)N1CCCC(C)C1.I. The van der Waals surface area contributed by atoms with Gasteiger partial charge in [0.05, 0.1) is 6.54 Å². The molecular weight excluding hydrogens is 459 g/mol. The monoisotopic (exact) mass is 494 g/mol. The van der Waals surface area contributed by atoms with E-state index < -0.39 is 5.60 Å². The van der Waals surface area contributed by atoms with Gasteiger partial charge >= 0.3 is 0 Å². The summed E-state index contributed by atoms with van der Waals surface area (Å²) in [4.78, 5) is 7.17. The van der Waals surface area contributed by atoms with Crippen LogP contribution in [-0.4, -0.2) is 54.7 Å². The highest BCUT2D eigenvalue weighted by molar-refractivity contribution is 14.0. The van der Waals surface area contributed by atoms with Gasteiger partial charge in [0.2, 0.25) is 0 Å². The van der Waals surface area contributed by atoms with Crippen LogP contribution in [0, 0.1) is 5.92 Å². The smallest absolute Gasteiger partial charge is 0.191 e. The van der Waals surface area contributed by atoms with Gasteiger partial charge in [-0.1, -0.05) is 6.92 Å². The minimum Gasteiger partial charge on any atom is -0.383 e. The fourth-order valence-electron chi connectivity index (χ4n) is 3.24. The van der Waals surface area contributed by atoms with Crippen LogP contribution in [-0.2, 0) is 5.60 Å². The van der Waals surface area contributed by atoms with Crippen molar-refractivity contribution in [2.24, 2.45) is 10.9 Å². The summed E-state index contributed by atoms with van der Waals surface area (Å²) in [5, 5.41) is 21.3. The summed E-state index contributed by atoms with van der Waals surface area (Å²) >= 11 is 1.60. The predicted octanol–water partition coefficient (Wildman–Crippen LogP) is 3.25. The van der Waals surface area contributed by atoms with Crippen molar-refractivity contribution >= 4 is 41.3 Å². The fraction of sp³-hybridized carbons (Fsp3) is 0.737. The van der Waals surface area contributed by atoms with Crippen molar-refractivity contribution in [3.63, 3.8) is 0 Å². The summed E-state index contributed by atoms with van der Waals surface area (Å²) in [7, 11) is 0. The van der Waals surface area contributed by atoms with Gasteiger partial charge in [-0.15, -0.1) is 24.0 Å². The van der Waals surface area contributed by atoms with E-state index in [1.54, 1.807) is 11.3 Å². The second kappa shape index (κ2) is 11.5. The number of aliphatic hydroxyl groups is 1. The van der Waals surface area contributed by atoms with Crippen LogP contribution in [0.2, 0.25) is 0 Å². The molecule has 0 saturated carbocycles. The van der Waals surface area contributed by atoms with Crippen LogP contribution in [0.25, 0.3) is 0 Å². The number of rotatable bonds is 7. The van der Waals surface area contributed by atoms with E-state index in [0.29, 0.717) is 12.6 Å². The van der Waals surface area contributed by atoms with E-state index in [0.717, 1.165) is 30.5 Å². The molecule has 1 aromatic heterocycles. The molecule has 3 unspecified atom stereocenters. The molecule has 1 aliphatic heterocycles. The number of piperidine rings is 1. The first-order valence-corrected chi connectivity index (χ1v) is 10.4. The quantitative estimate of drug-likeness (QED) is 0.310. The molecule has 0 radical (unpaired) electrons. The summed E-state index contributed by atoms with van der Waals surface area (Å²) < 4.78 is 0. The zero-order valence-corrected chi connectivity index (χ0v) is 19.6. The third-order valence-electron chi connectivity index (χ3n) is 4.91. The second-order valence-corrected chi connectivity index (χ2v) is 8.23. The lowest BCUT2D eigenvalue weighted by Gasteiger charge is -2.35. The predicted molar refractivity (Wildman–Crippen MR) is 123 cm³/mol. The molecule has 1 saturated heterocycles. The van der Waals surface area contributed by atoms with Crippen molar-refractivity contribution in [1.29, 1.82) is 0 Å². The lowest BCUT2D eigenvalue weighted by Crippen LogP contribution is -2.48. The number of guanidine groups is 1. The number of halogens is 1. The number of likely N-dealkylation sites (tertiary alicyclic amines) is 1. The number of thiophene rings is 1. The highest BCUT2D eigenvalue weighted by Gasteiger charge is 2.24. The Labute approximate surface area is 179 Å². The van der Waals surface area contributed by atoms with Gasteiger partial charge in [0.25, 0.3) is 0 Å². The Balaban J connectivity index is 0.00000338. The van der Waals surface area contributed by atoms with Gasteiger partial charge in [-0.25, -0.2) is 4.99 Å². The van der Waals surface area contributed by atoms with E-state index in [1.165, 1.54) is 25.9 Å². The first kappa shape index (κ1) is 23.7. The molecule has 150 valence electrons. The van der Waals surface area contributed by atoms with Gasteiger partial charge in [-0.3, -0.25) is 4.90 Å². The number of nitrogens with zero attached hydrogens (tertiary/aromatic N) is 2. The van der Waals surface area contributed by atoms with Crippen molar-refractivity contribution in [3.8, 4) is 0 Å². The lowest BCUT2D eigenvalue weighted by molar-refractivity contribution is 0.0677. The summed E-state index contributed by atoms with van der Waals surface area (Å²) in [5.74, 6) is 1.56. The molecule has 3 atom stereocenters. The van der Waals surface area contributed by atoms with Crippen molar-refractivity contribution in [2.75, 3.05) is 32.7 Å². The van der Waals surface area contributed by atoms with Gasteiger partial charge < -0.3 is 15.7 Å². The fourth-order valence-corrected chi connectivity index (χ4v) is 4.02. The van der Waals surface area contributed by atoms with Gasteiger partial charge in [-0.2, -0.15) is 11.3 Å². The maximum Gasteiger partial charge on any atom is 0.191 e. The molecular formula is C19H35IN4OS. The van der Waals surface area contributed by atoms with Crippen LogP contribution in [0.15, 0.2) is 21.8 Å². The molecule has 1 aromatic rings. The molecule has 0 aromatic carbocycles. The van der Waals surface area contributed by atoms with E-state index in [4.69, 9.17) is 0 Å². The van der Waals surface area contributed by atoms with Crippen molar-refractivity contribution < 1.29 is 5.11 Å². The second-order valence-electron chi connectivity index (χ2n) is 7.45. The maximum atomic E-state index is 10.6. The lowest BCUT2D eigenvalue weighted by atomic mass is 9.99. The normalized spacial score (nSPS) is 22.2. The molecule has 2 heterocycles. The van der Waals surface area contributed by atoms with E-state index >= 15 is 0 Å². The van der Waals surface area contributed by atoms with Gasteiger partial charge in [0.1, 0.15) is 5.60 Å². The van der Waals surface area contributed by atoms with Crippen molar-refractivity contribution in [2.45, 2.75) is 52.2 Å². The molecule has 3 N–H and O–H groups in total. The molecule has 7 heteroatoms. The van der Waals surface area contributed by atoms with Crippen molar-refractivity contribution in [3.05, 3.63) is 22.4 Å². The highest BCUT2D eigenvalue weighted by atomic mass is 127. The average Bonchev–Trinajstić information content (AvgIpc) is 3.12. The van der Waals surface area contributed by atoms with E-state index in [2.05, 4.69) is 41.3 Å². The average molecular weight is 494 g/mol. The van der Waals surface area contributed by atoms with Crippen LogP contribution in [0.5, 0.6) is 0 Å². The largest absolute Gasteiger partial charge is 0.383 e. The van der Waals surface area contributed by atoms with E-state index in [-0.39, 0.29) is 24.0 Å². The highest BCUT2D eigenvalue weighted by Crippen LogP contribution is 2.23. The number of hydrogen-bond acceptors (Lipinski definition) is 4. The minimum atomic E-state index is -0.934. The van der Waals surface area contributed by atoms with E-state index in [9.17, 15) is 5.11 Å². The molecule has 1 fully saturated rings. The third kappa shape index (κ3) is 7.32. The van der Waals surface area contributed by atoms with Crippen LogP contribution in [0.3, 0.4) is 0 Å². The topological polar surface area (TPSA) is 59.9 Å². The first-order valence-electron chi connectivity index (χ1n) is 9.43. The van der Waals surface area contributed by atoms with Gasteiger partial charge in [0, 0.05) is 25.7 Å². The third-order valence-corrected chi connectivity index (χ3v) is 5.59. The summed E-state index contributed by atoms with van der Waals surface area (Å²) in [6, 6.07) is 2.43. The molecule has 1 aliphatic rings. The number of hydrogen-bond donors (Lipinski definition) is 3. The molecule has 5 nitrogen and oxygen atoms in total. The maximum absolute atomic E-state index is 10.6. The summed E-state index contributed by atoms with van der Waals surface area (Å²) in [6.45, 7) is 12.9. The number of nitrogens with one attached hydrogen (secondary N) is 2. The van der Waals surface area contributed by atoms with Crippen LogP contribution in [0.1, 0.15) is 46.1 Å². The van der Waals surface area contributed by atoms with Gasteiger partial charge in [0.15, 0.2) is 5.96 Å². The Morgan fingerprint density at radius 3 is 2.88 bits per heavy atom. The first-order chi connectivity index (χ1) is 11.9. The Bertz CT molecular complexity index is 536. The molecule has 0 amide bonds. The number of aliphatic imine (C=N–C) groups is 1. The molecule has 0 aliphatic carbocycles. The summed E-state index contributed by atoms with van der Waals surface area (Å²) in [5.41, 5.74) is -0.0104. The Morgan fingerprint density at radius 1 is 1.50 bits per heavy atom. The Kier molecular flexibility index (Phi) is 10.4. The Morgan fingerprint density at radius 2 is 2.27 bits per heavy atom. The molecule has 0 spiro atoms. The molecule has 0 bridgehead atoms. The van der Waals surface area contributed by atoms with Crippen LogP contribution >= 0.6 is 35.3 Å². The zero-order chi connectivity index (χ0) is 18.3. The molecule has 26 heavy (non-hydrogen) atoms. The Hall–Kier alpha value is -0.380.